The molecule has 1 fully saturated rings. The summed E-state index contributed by atoms with van der Waals surface area (Å²) < 4.78 is 5.46. The van der Waals surface area contributed by atoms with E-state index >= 15 is 0 Å². The molecule has 1 heterocycles. The van der Waals surface area contributed by atoms with Gasteiger partial charge in [-0.3, -0.25) is 15.0 Å². The van der Waals surface area contributed by atoms with Crippen LogP contribution >= 0.6 is 0 Å². The lowest BCUT2D eigenvalue weighted by Crippen LogP contribution is -2.35. The maximum Gasteiger partial charge on any atom is 0.282 e. The molecule has 0 bridgehead atoms. The lowest BCUT2D eigenvalue weighted by atomic mass is 10.1. The second-order valence-electron chi connectivity index (χ2n) is 5.15. The maximum atomic E-state index is 12.5. The zero-order valence-electron chi connectivity index (χ0n) is 12.9. The standard InChI is InChI=1S/C19H16N2O3/c1-2-11-24-16-10-6-7-14(12-16)13-17-18(22)20-21(19(17)23)15-8-4-3-5-9-15/h2-10,12-13H,1,11H2,(H,20,22)/b17-13-. The molecule has 0 unspecified atom stereocenters. The van der Waals surface area contributed by atoms with Crippen molar-refractivity contribution in [3.8, 4) is 5.75 Å². The van der Waals surface area contributed by atoms with Crippen LogP contribution in [-0.2, 0) is 9.59 Å². The quantitative estimate of drug-likeness (QED) is 0.523. The van der Waals surface area contributed by atoms with Crippen LogP contribution in [0.15, 0.2) is 72.8 Å². The Hall–Kier alpha value is -3.34. The van der Waals surface area contributed by atoms with E-state index in [0.29, 0.717) is 23.6 Å². The van der Waals surface area contributed by atoms with Crippen LogP contribution < -0.4 is 15.2 Å². The summed E-state index contributed by atoms with van der Waals surface area (Å²) in [6.45, 7) is 3.99. The summed E-state index contributed by atoms with van der Waals surface area (Å²) in [6.07, 6.45) is 3.21. The van der Waals surface area contributed by atoms with Gasteiger partial charge in [0.15, 0.2) is 0 Å². The topological polar surface area (TPSA) is 58.6 Å². The van der Waals surface area contributed by atoms with E-state index in [4.69, 9.17) is 4.74 Å². The Labute approximate surface area is 139 Å². The molecule has 1 aliphatic heterocycles. The van der Waals surface area contributed by atoms with Crippen molar-refractivity contribution >= 4 is 23.6 Å². The Morgan fingerprint density at radius 2 is 1.88 bits per heavy atom. The summed E-state index contributed by atoms with van der Waals surface area (Å²) in [5, 5.41) is 1.24. The predicted octanol–water partition coefficient (Wildman–Crippen LogP) is 2.71. The van der Waals surface area contributed by atoms with Crippen molar-refractivity contribution in [1.82, 2.24) is 5.43 Å². The Bertz CT molecular complexity index is 812. The number of rotatable bonds is 5. The molecule has 120 valence electrons. The van der Waals surface area contributed by atoms with Gasteiger partial charge in [-0.25, -0.2) is 5.01 Å². The molecule has 2 aromatic rings. The molecule has 2 aromatic carbocycles. The first kappa shape index (κ1) is 15.6. The molecule has 0 aliphatic carbocycles. The van der Waals surface area contributed by atoms with Gasteiger partial charge in [-0.05, 0) is 35.9 Å². The molecule has 0 saturated carbocycles. The number of carbonyl (C=O) groups is 2. The number of ether oxygens (including phenoxy) is 1. The number of benzene rings is 2. The monoisotopic (exact) mass is 320 g/mol. The fourth-order valence-corrected chi connectivity index (χ4v) is 2.33. The molecule has 1 saturated heterocycles. The van der Waals surface area contributed by atoms with Gasteiger partial charge in [0.1, 0.15) is 17.9 Å². The fourth-order valence-electron chi connectivity index (χ4n) is 2.33. The molecule has 1 aliphatic rings. The van der Waals surface area contributed by atoms with Crippen LogP contribution in [0.3, 0.4) is 0 Å². The number of hydrogen-bond acceptors (Lipinski definition) is 3. The fraction of sp³-hybridized carbons (Fsp3) is 0.0526. The number of anilines is 1. The minimum Gasteiger partial charge on any atom is -0.490 e. The van der Waals surface area contributed by atoms with Crippen LogP contribution in [0.2, 0.25) is 0 Å². The Morgan fingerprint density at radius 3 is 2.62 bits per heavy atom. The molecule has 5 nitrogen and oxygen atoms in total. The molecular weight excluding hydrogens is 304 g/mol. The average molecular weight is 320 g/mol. The molecule has 3 rings (SSSR count). The molecule has 5 heteroatoms. The number of nitrogens with one attached hydrogen (secondary N) is 1. The number of hydrogen-bond donors (Lipinski definition) is 1. The highest BCUT2D eigenvalue weighted by atomic mass is 16.5. The summed E-state index contributed by atoms with van der Waals surface area (Å²) >= 11 is 0. The first-order chi connectivity index (χ1) is 11.7. The molecule has 0 spiro atoms. The molecule has 0 radical (unpaired) electrons. The van der Waals surface area contributed by atoms with Gasteiger partial charge in [-0.1, -0.05) is 43.0 Å². The van der Waals surface area contributed by atoms with E-state index in [1.54, 1.807) is 60.7 Å². The third-order valence-electron chi connectivity index (χ3n) is 3.44. The molecule has 24 heavy (non-hydrogen) atoms. The summed E-state index contributed by atoms with van der Waals surface area (Å²) in [5.74, 6) is -0.167. The number of nitrogens with zero attached hydrogens (tertiary/aromatic N) is 1. The first-order valence-electron chi connectivity index (χ1n) is 7.45. The summed E-state index contributed by atoms with van der Waals surface area (Å²) in [6, 6.07) is 16.1. The normalized spacial score (nSPS) is 15.5. The molecule has 2 amide bonds. The van der Waals surface area contributed by atoms with Gasteiger partial charge in [0, 0.05) is 0 Å². The number of hydrazine groups is 1. The minimum absolute atomic E-state index is 0.0831. The van der Waals surface area contributed by atoms with Gasteiger partial charge in [-0.2, -0.15) is 0 Å². The van der Waals surface area contributed by atoms with E-state index in [1.807, 2.05) is 6.07 Å². The van der Waals surface area contributed by atoms with Gasteiger partial charge in [0.25, 0.3) is 11.8 Å². The highest BCUT2D eigenvalue weighted by Crippen LogP contribution is 2.22. The van der Waals surface area contributed by atoms with Crippen LogP contribution in [0.4, 0.5) is 5.69 Å². The SMILES string of the molecule is C=CCOc1cccc(/C=C2/C(=O)NN(c3ccccc3)C2=O)c1. The van der Waals surface area contributed by atoms with Crippen LogP contribution in [-0.4, -0.2) is 18.4 Å². The van der Waals surface area contributed by atoms with Crippen molar-refractivity contribution < 1.29 is 14.3 Å². The van der Waals surface area contributed by atoms with Crippen molar-refractivity contribution in [3.63, 3.8) is 0 Å². The number of amides is 2. The van der Waals surface area contributed by atoms with Crippen molar-refractivity contribution in [3.05, 3.63) is 78.4 Å². The van der Waals surface area contributed by atoms with Crippen molar-refractivity contribution in [2.75, 3.05) is 11.6 Å². The third-order valence-corrected chi connectivity index (χ3v) is 3.44. The Morgan fingerprint density at radius 1 is 1.08 bits per heavy atom. The van der Waals surface area contributed by atoms with E-state index in [0.717, 1.165) is 0 Å². The lowest BCUT2D eigenvalue weighted by Gasteiger charge is -2.13. The summed E-state index contributed by atoms with van der Waals surface area (Å²) in [7, 11) is 0. The average Bonchev–Trinajstić information content (AvgIpc) is 2.89. The van der Waals surface area contributed by atoms with E-state index in [9.17, 15) is 9.59 Å². The van der Waals surface area contributed by atoms with Crippen LogP contribution in [0.25, 0.3) is 6.08 Å². The second kappa shape index (κ2) is 6.83. The van der Waals surface area contributed by atoms with E-state index in [2.05, 4.69) is 12.0 Å². The molecule has 1 N–H and O–H groups in total. The van der Waals surface area contributed by atoms with Gasteiger partial charge >= 0.3 is 0 Å². The summed E-state index contributed by atoms with van der Waals surface area (Å²) in [4.78, 5) is 24.7. The van der Waals surface area contributed by atoms with E-state index < -0.39 is 5.91 Å². The highest BCUT2D eigenvalue weighted by molar-refractivity contribution is 6.31. The molecule has 0 atom stereocenters. The number of para-hydroxylation sites is 1. The Kier molecular flexibility index (Phi) is 4.43. The van der Waals surface area contributed by atoms with Crippen LogP contribution in [0, 0.1) is 0 Å². The van der Waals surface area contributed by atoms with Crippen molar-refractivity contribution in [1.29, 1.82) is 0 Å². The lowest BCUT2D eigenvalue weighted by molar-refractivity contribution is -0.117. The van der Waals surface area contributed by atoms with Gasteiger partial charge in [0.2, 0.25) is 0 Å². The van der Waals surface area contributed by atoms with Gasteiger partial charge in [-0.15, -0.1) is 0 Å². The first-order valence-corrected chi connectivity index (χ1v) is 7.45. The summed E-state index contributed by atoms with van der Waals surface area (Å²) in [5.41, 5.74) is 3.98. The zero-order valence-corrected chi connectivity index (χ0v) is 12.9. The van der Waals surface area contributed by atoms with Crippen LogP contribution in [0.1, 0.15) is 5.56 Å². The van der Waals surface area contributed by atoms with Gasteiger partial charge in [0.05, 0.1) is 5.69 Å². The Balaban J connectivity index is 1.86. The molecule has 0 aromatic heterocycles. The van der Waals surface area contributed by atoms with E-state index in [1.165, 1.54) is 5.01 Å². The van der Waals surface area contributed by atoms with Crippen molar-refractivity contribution in [2.45, 2.75) is 0 Å². The highest BCUT2D eigenvalue weighted by Gasteiger charge is 2.34. The van der Waals surface area contributed by atoms with Crippen molar-refractivity contribution in [2.24, 2.45) is 0 Å². The van der Waals surface area contributed by atoms with Crippen LogP contribution in [0.5, 0.6) is 5.75 Å². The zero-order chi connectivity index (χ0) is 16.9. The van der Waals surface area contributed by atoms with Gasteiger partial charge < -0.3 is 4.74 Å². The maximum absolute atomic E-state index is 12.5. The minimum atomic E-state index is -0.429. The molecular formula is C19H16N2O3. The second-order valence-corrected chi connectivity index (χ2v) is 5.15. The largest absolute Gasteiger partial charge is 0.490 e. The number of carbonyl (C=O) groups excluding carboxylic acids is 2. The smallest absolute Gasteiger partial charge is 0.282 e. The third kappa shape index (κ3) is 3.20. The predicted molar refractivity (Wildman–Crippen MR) is 92.2 cm³/mol. The van der Waals surface area contributed by atoms with E-state index in [-0.39, 0.29) is 11.5 Å².